The molecule has 1 amide bonds. The normalized spacial score (nSPS) is 15.4. The number of benzene rings is 4. The molecule has 5 heteroatoms. The number of amides is 1. The molecule has 3 nitrogen and oxygen atoms in total. The van der Waals surface area contributed by atoms with Gasteiger partial charge in [-0.05, 0) is 63.5 Å². The van der Waals surface area contributed by atoms with Gasteiger partial charge in [-0.25, -0.2) is 0 Å². The van der Waals surface area contributed by atoms with Crippen LogP contribution in [0, 0.1) is 0 Å². The predicted molar refractivity (Wildman–Crippen MR) is 138 cm³/mol. The van der Waals surface area contributed by atoms with E-state index in [9.17, 15) is 4.79 Å². The highest BCUT2D eigenvalue weighted by atomic mass is 32.2. The zero-order valence-electron chi connectivity index (χ0n) is 17.2. The standard InChI is InChI=1S/C26H20N2OS2/c1-27(2)19-11-13-20(14-12-19)28-25(29)24(31-26(28)30)16-23-21-9-5-3-7-17(21)15-18-8-4-6-10-22(18)23/h3-16H,1-2H3/b24-16+. The van der Waals surface area contributed by atoms with Crippen molar-refractivity contribution in [2.75, 3.05) is 23.9 Å². The highest BCUT2D eigenvalue weighted by Crippen LogP contribution is 2.39. The summed E-state index contributed by atoms with van der Waals surface area (Å²) in [6.07, 6.45) is 2.00. The Morgan fingerprint density at radius 3 is 2.03 bits per heavy atom. The van der Waals surface area contributed by atoms with Crippen LogP contribution < -0.4 is 9.80 Å². The van der Waals surface area contributed by atoms with Gasteiger partial charge in [0.05, 0.1) is 10.6 Å². The number of carbonyl (C=O) groups excluding carboxylic acids is 1. The van der Waals surface area contributed by atoms with Crippen LogP contribution in [0.3, 0.4) is 0 Å². The molecule has 0 radical (unpaired) electrons. The quantitative estimate of drug-likeness (QED) is 0.207. The molecule has 1 aliphatic rings. The van der Waals surface area contributed by atoms with E-state index in [1.807, 2.05) is 73.6 Å². The summed E-state index contributed by atoms with van der Waals surface area (Å²) in [6, 6.07) is 26.6. The largest absolute Gasteiger partial charge is 0.378 e. The zero-order chi connectivity index (χ0) is 21.5. The zero-order valence-corrected chi connectivity index (χ0v) is 18.8. The van der Waals surface area contributed by atoms with E-state index in [0.717, 1.165) is 38.5 Å². The predicted octanol–water partition coefficient (Wildman–Crippen LogP) is 6.46. The van der Waals surface area contributed by atoms with E-state index in [0.29, 0.717) is 9.23 Å². The molecule has 0 aliphatic carbocycles. The molecule has 1 fully saturated rings. The van der Waals surface area contributed by atoms with Gasteiger partial charge < -0.3 is 4.90 Å². The average Bonchev–Trinajstić information content (AvgIpc) is 3.06. The molecule has 0 bridgehead atoms. The summed E-state index contributed by atoms with van der Waals surface area (Å²) in [5.74, 6) is -0.0791. The Hall–Kier alpha value is -3.15. The van der Waals surface area contributed by atoms with Crippen molar-refractivity contribution in [3.63, 3.8) is 0 Å². The van der Waals surface area contributed by atoms with E-state index < -0.39 is 0 Å². The molecular weight excluding hydrogens is 420 g/mol. The topological polar surface area (TPSA) is 23.6 Å². The number of thiocarbonyl (C=S) groups is 1. The van der Waals surface area contributed by atoms with Gasteiger partial charge in [-0.15, -0.1) is 0 Å². The lowest BCUT2D eigenvalue weighted by Crippen LogP contribution is -2.27. The van der Waals surface area contributed by atoms with Crippen molar-refractivity contribution in [3.05, 3.63) is 89.3 Å². The molecule has 0 aromatic heterocycles. The van der Waals surface area contributed by atoms with E-state index >= 15 is 0 Å². The van der Waals surface area contributed by atoms with Crippen molar-refractivity contribution in [1.29, 1.82) is 0 Å². The monoisotopic (exact) mass is 440 g/mol. The summed E-state index contributed by atoms with van der Waals surface area (Å²) in [6.45, 7) is 0. The Bertz CT molecular complexity index is 1320. The van der Waals surface area contributed by atoms with Crippen molar-refractivity contribution in [3.8, 4) is 0 Å². The minimum atomic E-state index is -0.0791. The molecule has 0 saturated carbocycles. The van der Waals surface area contributed by atoms with Crippen LogP contribution in [0.15, 0.2) is 83.8 Å². The molecule has 31 heavy (non-hydrogen) atoms. The molecule has 4 aromatic carbocycles. The van der Waals surface area contributed by atoms with Crippen LogP contribution in [0.5, 0.6) is 0 Å². The third kappa shape index (κ3) is 3.50. The lowest BCUT2D eigenvalue weighted by Gasteiger charge is -2.17. The van der Waals surface area contributed by atoms with Crippen molar-refractivity contribution in [2.24, 2.45) is 0 Å². The van der Waals surface area contributed by atoms with Crippen molar-refractivity contribution >= 4 is 73.2 Å². The second-order valence-electron chi connectivity index (χ2n) is 7.66. The Balaban J connectivity index is 1.61. The van der Waals surface area contributed by atoms with E-state index in [2.05, 4.69) is 30.3 Å². The Morgan fingerprint density at radius 2 is 1.45 bits per heavy atom. The molecule has 152 valence electrons. The van der Waals surface area contributed by atoms with E-state index in [1.165, 1.54) is 11.8 Å². The summed E-state index contributed by atoms with van der Waals surface area (Å²) in [4.78, 5) is 17.6. The third-order valence-electron chi connectivity index (χ3n) is 5.51. The fraction of sp³-hybridized carbons (Fsp3) is 0.0769. The molecule has 0 N–H and O–H groups in total. The summed E-state index contributed by atoms with van der Waals surface area (Å²) in [7, 11) is 3.98. The number of fused-ring (bicyclic) bond motifs is 2. The lowest BCUT2D eigenvalue weighted by atomic mass is 9.96. The summed E-state index contributed by atoms with van der Waals surface area (Å²) in [5.41, 5.74) is 2.92. The van der Waals surface area contributed by atoms with Crippen LogP contribution in [0.4, 0.5) is 11.4 Å². The summed E-state index contributed by atoms with van der Waals surface area (Å²) < 4.78 is 0.554. The average molecular weight is 441 g/mol. The molecule has 0 unspecified atom stereocenters. The Labute approximate surface area is 191 Å². The highest BCUT2D eigenvalue weighted by Gasteiger charge is 2.33. The SMILES string of the molecule is CN(C)c1ccc(N2C(=O)/C(=C\c3c4ccccc4cc4ccccc34)SC2=S)cc1. The van der Waals surface area contributed by atoms with Gasteiger partial charge in [-0.1, -0.05) is 72.5 Å². The van der Waals surface area contributed by atoms with E-state index in [-0.39, 0.29) is 5.91 Å². The molecule has 0 atom stereocenters. The van der Waals surface area contributed by atoms with Gasteiger partial charge in [0.25, 0.3) is 5.91 Å². The number of rotatable bonds is 3. The fourth-order valence-electron chi connectivity index (χ4n) is 3.93. The maximum absolute atomic E-state index is 13.4. The van der Waals surface area contributed by atoms with Gasteiger partial charge in [-0.3, -0.25) is 9.69 Å². The number of thioether (sulfide) groups is 1. The minimum Gasteiger partial charge on any atom is -0.378 e. The smallest absolute Gasteiger partial charge is 0.270 e. The van der Waals surface area contributed by atoms with Crippen LogP contribution in [0.2, 0.25) is 0 Å². The second kappa shape index (κ2) is 7.84. The third-order valence-corrected chi connectivity index (χ3v) is 6.81. The van der Waals surface area contributed by atoms with Gasteiger partial charge in [-0.2, -0.15) is 0 Å². The van der Waals surface area contributed by atoms with Crippen molar-refractivity contribution < 1.29 is 4.79 Å². The van der Waals surface area contributed by atoms with Gasteiger partial charge >= 0.3 is 0 Å². The van der Waals surface area contributed by atoms with Crippen LogP contribution in [0.25, 0.3) is 27.6 Å². The molecule has 5 rings (SSSR count). The molecule has 0 spiro atoms. The van der Waals surface area contributed by atoms with Crippen molar-refractivity contribution in [2.45, 2.75) is 0 Å². The van der Waals surface area contributed by atoms with Gasteiger partial charge in [0, 0.05) is 19.8 Å². The maximum atomic E-state index is 13.4. The maximum Gasteiger partial charge on any atom is 0.270 e. The number of hydrogen-bond acceptors (Lipinski definition) is 4. The first kappa shape index (κ1) is 19.8. The van der Waals surface area contributed by atoms with Gasteiger partial charge in [0.2, 0.25) is 0 Å². The van der Waals surface area contributed by atoms with Gasteiger partial charge in [0.1, 0.15) is 0 Å². The van der Waals surface area contributed by atoms with Crippen LogP contribution >= 0.6 is 24.0 Å². The minimum absolute atomic E-state index is 0.0791. The van der Waals surface area contributed by atoms with Crippen molar-refractivity contribution in [1.82, 2.24) is 0 Å². The second-order valence-corrected chi connectivity index (χ2v) is 9.34. The molecule has 4 aromatic rings. The Morgan fingerprint density at radius 1 is 0.871 bits per heavy atom. The van der Waals surface area contributed by atoms with Crippen LogP contribution in [-0.4, -0.2) is 24.3 Å². The first-order chi connectivity index (χ1) is 15.0. The number of anilines is 2. The van der Waals surface area contributed by atoms with E-state index in [1.54, 1.807) is 4.90 Å². The first-order valence-corrected chi connectivity index (χ1v) is 11.2. The number of carbonyl (C=O) groups is 1. The Kier molecular flexibility index (Phi) is 5.00. The first-order valence-electron chi connectivity index (χ1n) is 9.99. The van der Waals surface area contributed by atoms with Crippen LogP contribution in [-0.2, 0) is 4.79 Å². The molecular formula is C26H20N2OS2. The summed E-state index contributed by atoms with van der Waals surface area (Å²) in [5, 5.41) is 4.56. The van der Waals surface area contributed by atoms with E-state index in [4.69, 9.17) is 12.2 Å². The van der Waals surface area contributed by atoms with Crippen LogP contribution in [0.1, 0.15) is 5.56 Å². The highest BCUT2D eigenvalue weighted by molar-refractivity contribution is 8.27. The number of hydrogen-bond donors (Lipinski definition) is 0. The molecule has 1 heterocycles. The number of nitrogens with zero attached hydrogens (tertiary/aromatic N) is 2. The molecule has 1 aliphatic heterocycles. The molecule has 1 saturated heterocycles. The lowest BCUT2D eigenvalue weighted by molar-refractivity contribution is -0.113. The fourth-order valence-corrected chi connectivity index (χ4v) is 5.21. The summed E-state index contributed by atoms with van der Waals surface area (Å²) >= 11 is 6.94. The van der Waals surface area contributed by atoms with Gasteiger partial charge in [0.15, 0.2) is 4.32 Å².